The topological polar surface area (TPSA) is 49.4 Å². The monoisotopic (exact) mass is 556 g/mol. The Labute approximate surface area is 219 Å². The molecule has 0 saturated heterocycles. The van der Waals surface area contributed by atoms with Gasteiger partial charge in [0.25, 0.3) is 0 Å². The molecule has 3 aromatic carbocycles. The summed E-state index contributed by atoms with van der Waals surface area (Å²) in [5.74, 6) is -0.109. The standard InChI is InChI=1S/C28H30BrFN2O2S/c1-20(2)31-28(34)26(16-21-9-4-3-5-10-21)32(17-22-11-8-13-24(29)15-22)27(33)19-35-18-23-12-6-7-14-25(23)30/h3-15,20,26H,16-19H2,1-2H3,(H,31,34). The van der Waals surface area contributed by atoms with Gasteiger partial charge >= 0.3 is 0 Å². The molecule has 0 aromatic heterocycles. The number of carbonyl (C=O) groups excluding carboxylic acids is 2. The zero-order valence-corrected chi connectivity index (χ0v) is 22.3. The summed E-state index contributed by atoms with van der Waals surface area (Å²) in [6.07, 6.45) is 0.400. The highest BCUT2D eigenvalue weighted by atomic mass is 79.9. The lowest BCUT2D eigenvalue weighted by Gasteiger charge is -2.32. The molecule has 2 amide bonds. The van der Waals surface area contributed by atoms with Gasteiger partial charge in [-0.15, -0.1) is 11.8 Å². The maximum Gasteiger partial charge on any atom is 0.243 e. The SMILES string of the molecule is CC(C)NC(=O)C(Cc1ccccc1)N(Cc1cccc(Br)c1)C(=O)CSCc1ccccc1F. The van der Waals surface area contributed by atoms with E-state index in [1.54, 1.807) is 23.1 Å². The average molecular weight is 558 g/mol. The number of benzene rings is 3. The van der Waals surface area contributed by atoms with Gasteiger partial charge in [0, 0.05) is 29.2 Å². The highest BCUT2D eigenvalue weighted by molar-refractivity contribution is 9.10. The first kappa shape index (κ1) is 27.0. The number of rotatable bonds is 11. The predicted octanol–water partition coefficient (Wildman–Crippen LogP) is 5.99. The van der Waals surface area contributed by atoms with Crippen molar-refractivity contribution in [1.29, 1.82) is 0 Å². The summed E-state index contributed by atoms with van der Waals surface area (Å²) in [6.45, 7) is 4.10. The molecule has 0 aliphatic carbocycles. The van der Waals surface area contributed by atoms with Gasteiger partial charge in [-0.1, -0.05) is 76.6 Å². The molecule has 1 N–H and O–H groups in total. The van der Waals surface area contributed by atoms with Crippen LogP contribution in [-0.2, 0) is 28.3 Å². The number of halogens is 2. The molecule has 7 heteroatoms. The molecule has 1 unspecified atom stereocenters. The number of carbonyl (C=O) groups is 2. The van der Waals surface area contributed by atoms with Crippen LogP contribution in [0.5, 0.6) is 0 Å². The van der Waals surface area contributed by atoms with E-state index in [0.29, 0.717) is 24.3 Å². The van der Waals surface area contributed by atoms with Crippen molar-refractivity contribution in [2.45, 2.75) is 44.6 Å². The van der Waals surface area contributed by atoms with E-state index in [2.05, 4.69) is 21.2 Å². The quantitative estimate of drug-likeness (QED) is 0.315. The zero-order chi connectivity index (χ0) is 25.2. The van der Waals surface area contributed by atoms with Crippen LogP contribution in [0, 0.1) is 5.82 Å². The first-order valence-corrected chi connectivity index (χ1v) is 13.5. The highest BCUT2D eigenvalue weighted by Crippen LogP contribution is 2.21. The minimum atomic E-state index is -0.680. The Kier molecular flexibility index (Phi) is 10.4. The molecule has 0 bridgehead atoms. The summed E-state index contributed by atoms with van der Waals surface area (Å²) >= 11 is 4.84. The molecule has 3 rings (SSSR count). The Bertz CT molecular complexity index is 1130. The van der Waals surface area contributed by atoms with Crippen molar-refractivity contribution in [3.8, 4) is 0 Å². The van der Waals surface area contributed by atoms with Crippen LogP contribution in [0.1, 0.15) is 30.5 Å². The lowest BCUT2D eigenvalue weighted by atomic mass is 10.0. The van der Waals surface area contributed by atoms with Crippen LogP contribution >= 0.6 is 27.7 Å². The number of amides is 2. The van der Waals surface area contributed by atoms with Crippen LogP contribution in [0.15, 0.2) is 83.3 Å². The van der Waals surface area contributed by atoms with E-state index in [0.717, 1.165) is 15.6 Å². The summed E-state index contributed by atoms with van der Waals surface area (Å²) < 4.78 is 14.9. The third kappa shape index (κ3) is 8.51. The van der Waals surface area contributed by atoms with Crippen molar-refractivity contribution in [3.63, 3.8) is 0 Å². The molecule has 0 aliphatic heterocycles. The summed E-state index contributed by atoms with van der Waals surface area (Å²) in [6, 6.07) is 23.3. The molecule has 0 fully saturated rings. The second-order valence-electron chi connectivity index (χ2n) is 8.60. The van der Waals surface area contributed by atoms with Crippen LogP contribution in [0.2, 0.25) is 0 Å². The Morgan fingerprint density at radius 2 is 1.66 bits per heavy atom. The van der Waals surface area contributed by atoms with E-state index < -0.39 is 6.04 Å². The van der Waals surface area contributed by atoms with Gasteiger partial charge in [-0.3, -0.25) is 9.59 Å². The van der Waals surface area contributed by atoms with Gasteiger partial charge in [-0.05, 0) is 48.7 Å². The molecule has 0 spiro atoms. The second kappa shape index (κ2) is 13.4. The fourth-order valence-corrected chi connectivity index (χ4v) is 5.06. The normalized spacial score (nSPS) is 11.8. The molecule has 4 nitrogen and oxygen atoms in total. The minimum absolute atomic E-state index is 0.0565. The molecule has 0 aliphatic rings. The highest BCUT2D eigenvalue weighted by Gasteiger charge is 2.30. The first-order valence-electron chi connectivity index (χ1n) is 11.5. The minimum Gasteiger partial charge on any atom is -0.352 e. The van der Waals surface area contributed by atoms with Gasteiger partial charge in [-0.25, -0.2) is 4.39 Å². The Morgan fingerprint density at radius 3 is 2.34 bits per heavy atom. The molecule has 0 heterocycles. The summed E-state index contributed by atoms with van der Waals surface area (Å²) in [4.78, 5) is 28.5. The molecule has 35 heavy (non-hydrogen) atoms. The number of thioether (sulfide) groups is 1. The van der Waals surface area contributed by atoms with Crippen molar-refractivity contribution < 1.29 is 14.0 Å². The first-order chi connectivity index (χ1) is 16.8. The smallest absolute Gasteiger partial charge is 0.243 e. The van der Waals surface area contributed by atoms with Gasteiger partial charge in [0.1, 0.15) is 11.9 Å². The zero-order valence-electron chi connectivity index (χ0n) is 19.9. The van der Waals surface area contributed by atoms with Crippen molar-refractivity contribution >= 4 is 39.5 Å². The van der Waals surface area contributed by atoms with Crippen LogP contribution in [-0.4, -0.2) is 34.6 Å². The largest absolute Gasteiger partial charge is 0.352 e. The average Bonchev–Trinajstić information content (AvgIpc) is 2.82. The Morgan fingerprint density at radius 1 is 0.971 bits per heavy atom. The van der Waals surface area contributed by atoms with Gasteiger partial charge in [0.05, 0.1) is 5.75 Å². The maximum atomic E-state index is 14.0. The summed E-state index contributed by atoms with van der Waals surface area (Å²) in [5.41, 5.74) is 2.45. The molecule has 1 atom stereocenters. The molecular formula is C28H30BrFN2O2S. The van der Waals surface area contributed by atoms with E-state index >= 15 is 0 Å². The van der Waals surface area contributed by atoms with Gasteiger partial charge in [0.2, 0.25) is 11.8 Å². The van der Waals surface area contributed by atoms with E-state index in [-0.39, 0.29) is 29.4 Å². The van der Waals surface area contributed by atoms with Crippen LogP contribution in [0.25, 0.3) is 0 Å². The van der Waals surface area contributed by atoms with E-state index in [1.807, 2.05) is 68.4 Å². The van der Waals surface area contributed by atoms with E-state index in [1.165, 1.54) is 17.8 Å². The molecule has 0 saturated carbocycles. The molecule has 0 radical (unpaired) electrons. The fourth-order valence-electron chi connectivity index (χ4n) is 3.71. The predicted molar refractivity (Wildman–Crippen MR) is 144 cm³/mol. The molecule has 184 valence electrons. The summed E-state index contributed by atoms with van der Waals surface area (Å²) in [5, 5.41) is 2.99. The van der Waals surface area contributed by atoms with Crippen LogP contribution in [0.4, 0.5) is 4.39 Å². The Balaban J connectivity index is 1.85. The van der Waals surface area contributed by atoms with Crippen molar-refractivity contribution in [2.24, 2.45) is 0 Å². The maximum absolute atomic E-state index is 14.0. The molecular weight excluding hydrogens is 527 g/mol. The van der Waals surface area contributed by atoms with Gasteiger partial charge < -0.3 is 10.2 Å². The third-order valence-corrected chi connectivity index (χ3v) is 6.84. The lowest BCUT2D eigenvalue weighted by Crippen LogP contribution is -2.52. The third-order valence-electron chi connectivity index (χ3n) is 5.38. The lowest BCUT2D eigenvalue weighted by molar-refractivity contribution is -0.139. The van der Waals surface area contributed by atoms with Crippen LogP contribution < -0.4 is 5.32 Å². The van der Waals surface area contributed by atoms with Crippen molar-refractivity contribution in [2.75, 3.05) is 5.75 Å². The van der Waals surface area contributed by atoms with E-state index in [4.69, 9.17) is 0 Å². The Hall–Kier alpha value is -2.64. The van der Waals surface area contributed by atoms with E-state index in [9.17, 15) is 14.0 Å². The van der Waals surface area contributed by atoms with Gasteiger partial charge in [0.15, 0.2) is 0 Å². The second-order valence-corrected chi connectivity index (χ2v) is 10.5. The number of nitrogens with zero attached hydrogens (tertiary/aromatic N) is 1. The number of nitrogens with one attached hydrogen (secondary N) is 1. The van der Waals surface area contributed by atoms with Crippen molar-refractivity contribution in [1.82, 2.24) is 10.2 Å². The number of hydrogen-bond acceptors (Lipinski definition) is 3. The van der Waals surface area contributed by atoms with Crippen molar-refractivity contribution in [3.05, 3.63) is 106 Å². The fraction of sp³-hybridized carbons (Fsp3) is 0.286. The molecule has 3 aromatic rings. The summed E-state index contributed by atoms with van der Waals surface area (Å²) in [7, 11) is 0. The van der Waals surface area contributed by atoms with Crippen LogP contribution in [0.3, 0.4) is 0 Å². The van der Waals surface area contributed by atoms with Gasteiger partial charge in [-0.2, -0.15) is 0 Å². The number of hydrogen-bond donors (Lipinski definition) is 1.